The van der Waals surface area contributed by atoms with Crippen molar-refractivity contribution in [1.29, 1.82) is 0 Å². The number of carbonyl (C=O) groups is 1. The third-order valence-electron chi connectivity index (χ3n) is 1.97. The van der Waals surface area contributed by atoms with Crippen molar-refractivity contribution in [2.45, 2.75) is 12.6 Å². The van der Waals surface area contributed by atoms with Crippen molar-refractivity contribution < 1.29 is 18.0 Å². The zero-order valence-electron chi connectivity index (χ0n) is 8.49. The fourth-order valence-corrected chi connectivity index (χ4v) is 2.01. The molecule has 92 valence electrons. The van der Waals surface area contributed by atoms with Gasteiger partial charge in [-0.15, -0.1) is 11.3 Å². The molecule has 8 heteroatoms. The number of amides is 1. The average molecular weight is 263 g/mol. The monoisotopic (exact) mass is 263 g/mol. The number of fused-ring (bicyclic) bond motifs is 1. The summed E-state index contributed by atoms with van der Waals surface area (Å²) in [5.41, 5.74) is 0.455. The smallest absolute Gasteiger partial charge is 0.347 e. The first-order valence-corrected chi connectivity index (χ1v) is 5.56. The molecule has 17 heavy (non-hydrogen) atoms. The van der Waals surface area contributed by atoms with Crippen molar-refractivity contribution in [3.63, 3.8) is 0 Å². The first-order valence-electron chi connectivity index (χ1n) is 4.68. The molecule has 0 aliphatic carbocycles. The maximum Gasteiger partial charge on any atom is 0.405 e. The minimum Gasteiger partial charge on any atom is -0.347 e. The minimum atomic E-state index is -4.38. The van der Waals surface area contributed by atoms with Gasteiger partial charge in [0.25, 0.3) is 0 Å². The molecule has 0 radical (unpaired) electrons. The lowest BCUT2D eigenvalue weighted by atomic mass is 10.3. The maximum absolute atomic E-state index is 11.8. The number of halogens is 3. The van der Waals surface area contributed by atoms with E-state index in [1.165, 1.54) is 11.3 Å². The summed E-state index contributed by atoms with van der Waals surface area (Å²) in [6.07, 6.45) is -1.14. The van der Waals surface area contributed by atoms with Crippen LogP contribution in [0.5, 0.6) is 0 Å². The van der Waals surface area contributed by atoms with Crippen molar-refractivity contribution >= 4 is 22.2 Å². The first kappa shape index (κ1) is 11.9. The summed E-state index contributed by atoms with van der Waals surface area (Å²) in [6.45, 7) is -1.31. The Hall–Kier alpha value is -1.57. The molecule has 0 bridgehead atoms. The third kappa shape index (κ3) is 3.19. The van der Waals surface area contributed by atoms with Crippen molar-refractivity contribution in [1.82, 2.24) is 14.7 Å². The summed E-state index contributed by atoms with van der Waals surface area (Å²) in [6, 6.07) is 0. The number of hydrogen-bond donors (Lipinski definition) is 1. The number of hydrogen-bond acceptors (Lipinski definition) is 3. The molecule has 1 N–H and O–H groups in total. The van der Waals surface area contributed by atoms with Crippen LogP contribution in [0.15, 0.2) is 17.8 Å². The molecule has 0 aliphatic heterocycles. The highest BCUT2D eigenvalue weighted by Crippen LogP contribution is 2.13. The number of carbonyl (C=O) groups excluding carboxylic acids is 1. The Kier molecular flexibility index (Phi) is 3.05. The van der Waals surface area contributed by atoms with Gasteiger partial charge in [0.2, 0.25) is 5.91 Å². The number of aromatic nitrogens is 2. The van der Waals surface area contributed by atoms with E-state index in [1.54, 1.807) is 22.1 Å². The predicted molar refractivity (Wildman–Crippen MR) is 55.8 cm³/mol. The largest absolute Gasteiger partial charge is 0.405 e. The summed E-state index contributed by atoms with van der Waals surface area (Å²) in [5.74, 6) is -0.687. The normalized spacial score (nSPS) is 11.9. The van der Waals surface area contributed by atoms with Crippen LogP contribution in [0.25, 0.3) is 4.96 Å². The van der Waals surface area contributed by atoms with Crippen LogP contribution in [0.1, 0.15) is 5.69 Å². The number of thiazole rings is 1. The van der Waals surface area contributed by atoms with Gasteiger partial charge in [0.15, 0.2) is 4.96 Å². The maximum atomic E-state index is 11.8. The molecule has 0 aliphatic rings. The van der Waals surface area contributed by atoms with Gasteiger partial charge in [0.1, 0.15) is 6.54 Å². The topological polar surface area (TPSA) is 46.4 Å². The Bertz CT molecular complexity index is 502. The van der Waals surface area contributed by atoms with E-state index >= 15 is 0 Å². The summed E-state index contributed by atoms with van der Waals surface area (Å²) < 4.78 is 37.2. The Labute approximate surface area is 98.1 Å². The molecular formula is C9H8F3N3OS. The molecular weight excluding hydrogens is 255 g/mol. The standard InChI is InChI=1S/C9H8F3N3OS/c10-9(11,12)5-13-7(16)3-6-4-15-1-2-17-8(15)14-6/h1-2,4H,3,5H2,(H,13,16). The summed E-state index contributed by atoms with van der Waals surface area (Å²) in [4.78, 5) is 16.0. The zero-order valence-corrected chi connectivity index (χ0v) is 9.31. The summed E-state index contributed by atoms with van der Waals surface area (Å²) in [7, 11) is 0. The van der Waals surface area contributed by atoms with Crippen LogP contribution in [-0.2, 0) is 11.2 Å². The molecule has 2 aromatic rings. The van der Waals surface area contributed by atoms with E-state index in [0.717, 1.165) is 0 Å². The average Bonchev–Trinajstić information content (AvgIpc) is 2.73. The van der Waals surface area contributed by atoms with Crippen LogP contribution in [0.4, 0.5) is 13.2 Å². The van der Waals surface area contributed by atoms with Gasteiger partial charge in [-0.2, -0.15) is 13.2 Å². The zero-order chi connectivity index (χ0) is 12.5. The minimum absolute atomic E-state index is 0.148. The fraction of sp³-hybridized carbons (Fsp3) is 0.333. The molecule has 4 nitrogen and oxygen atoms in total. The van der Waals surface area contributed by atoms with Gasteiger partial charge in [-0.1, -0.05) is 0 Å². The predicted octanol–water partition coefficient (Wildman–Crippen LogP) is 1.62. The Morgan fingerprint density at radius 2 is 2.29 bits per heavy atom. The van der Waals surface area contributed by atoms with E-state index in [4.69, 9.17) is 0 Å². The lowest BCUT2D eigenvalue weighted by molar-refractivity contribution is -0.138. The SMILES string of the molecule is O=C(Cc1cn2ccsc2n1)NCC(F)(F)F. The van der Waals surface area contributed by atoms with Gasteiger partial charge < -0.3 is 5.32 Å². The van der Waals surface area contributed by atoms with E-state index in [2.05, 4.69) is 4.98 Å². The first-order chi connectivity index (χ1) is 7.94. The lowest BCUT2D eigenvalue weighted by Crippen LogP contribution is -2.34. The number of alkyl halides is 3. The van der Waals surface area contributed by atoms with Gasteiger partial charge in [0.05, 0.1) is 12.1 Å². The molecule has 2 heterocycles. The van der Waals surface area contributed by atoms with Crippen LogP contribution >= 0.6 is 11.3 Å². The molecule has 0 aromatic carbocycles. The molecule has 1 amide bonds. The van der Waals surface area contributed by atoms with Gasteiger partial charge in [-0.05, 0) is 0 Å². The highest BCUT2D eigenvalue weighted by atomic mass is 32.1. The highest BCUT2D eigenvalue weighted by molar-refractivity contribution is 7.15. The molecule has 2 aromatic heterocycles. The van der Waals surface area contributed by atoms with Crippen molar-refractivity contribution in [2.24, 2.45) is 0 Å². The van der Waals surface area contributed by atoms with Crippen LogP contribution in [0.3, 0.4) is 0 Å². The van der Waals surface area contributed by atoms with Gasteiger partial charge in [-0.3, -0.25) is 9.20 Å². The van der Waals surface area contributed by atoms with Crippen LogP contribution < -0.4 is 5.32 Å². The van der Waals surface area contributed by atoms with Crippen LogP contribution in [0.2, 0.25) is 0 Å². The summed E-state index contributed by atoms with van der Waals surface area (Å²) in [5, 5.41) is 3.63. The van der Waals surface area contributed by atoms with Gasteiger partial charge >= 0.3 is 6.18 Å². The van der Waals surface area contributed by atoms with Crippen LogP contribution in [-0.4, -0.2) is 28.0 Å². The van der Waals surface area contributed by atoms with E-state index < -0.39 is 18.6 Å². The number of rotatable bonds is 3. The van der Waals surface area contributed by atoms with Crippen molar-refractivity contribution in [3.8, 4) is 0 Å². The van der Waals surface area contributed by atoms with E-state index in [9.17, 15) is 18.0 Å². The van der Waals surface area contributed by atoms with E-state index in [0.29, 0.717) is 10.7 Å². The quantitative estimate of drug-likeness (QED) is 0.914. The molecule has 0 saturated heterocycles. The second kappa shape index (κ2) is 4.36. The number of nitrogens with one attached hydrogen (secondary N) is 1. The molecule has 0 saturated carbocycles. The molecule has 0 spiro atoms. The summed E-state index contributed by atoms with van der Waals surface area (Å²) >= 11 is 1.39. The number of nitrogens with zero attached hydrogens (tertiary/aromatic N) is 2. The van der Waals surface area contributed by atoms with Crippen LogP contribution in [0, 0.1) is 0 Å². The van der Waals surface area contributed by atoms with E-state index in [1.807, 2.05) is 5.38 Å². The number of imidazole rings is 1. The fourth-order valence-electron chi connectivity index (χ4n) is 1.29. The van der Waals surface area contributed by atoms with Crippen molar-refractivity contribution in [3.05, 3.63) is 23.5 Å². The van der Waals surface area contributed by atoms with E-state index in [-0.39, 0.29) is 6.42 Å². The Balaban J connectivity index is 1.92. The second-order valence-corrected chi connectivity index (χ2v) is 4.27. The molecule has 0 atom stereocenters. The Morgan fingerprint density at radius 3 is 2.94 bits per heavy atom. The Morgan fingerprint density at radius 1 is 1.53 bits per heavy atom. The van der Waals surface area contributed by atoms with Gasteiger partial charge in [-0.25, -0.2) is 4.98 Å². The van der Waals surface area contributed by atoms with Gasteiger partial charge in [0, 0.05) is 17.8 Å². The molecule has 0 fully saturated rings. The van der Waals surface area contributed by atoms with Crippen molar-refractivity contribution in [2.75, 3.05) is 6.54 Å². The molecule has 2 rings (SSSR count). The lowest BCUT2D eigenvalue weighted by Gasteiger charge is -2.06. The second-order valence-electron chi connectivity index (χ2n) is 3.39. The third-order valence-corrected chi connectivity index (χ3v) is 2.74. The highest BCUT2D eigenvalue weighted by Gasteiger charge is 2.27. The molecule has 0 unspecified atom stereocenters.